The Morgan fingerprint density at radius 3 is 2.50 bits per heavy atom. The first kappa shape index (κ1) is 32.9. The molecule has 0 bridgehead atoms. The van der Waals surface area contributed by atoms with E-state index in [1.165, 1.54) is 0 Å². The molecule has 5 aromatic rings. The highest BCUT2D eigenvalue weighted by Crippen LogP contribution is 2.53. The standard InChI is InChI=1S/C32H32N2O7S5/c1-3-21(18-28-33(13-6-16-45(35,36)37)30-23-9-5-4-8-22(23)10-11-26(30)43-28)19-29-34(14-7-17-46(38,39)40)31-27(44-29)20-25(41-2)24-12-15-42-32(24)31/h4-5,8-12,15,18-20H,3,6-7,13-14,16-17H2,1-2H3,(H-,35,36,37,38,39,40)/p-1. The third kappa shape index (κ3) is 6.98. The number of aryl methyl sites for hydroxylation is 1. The lowest BCUT2D eigenvalue weighted by Crippen LogP contribution is -2.36. The van der Waals surface area contributed by atoms with Crippen molar-refractivity contribution in [1.82, 2.24) is 0 Å². The van der Waals surface area contributed by atoms with Gasteiger partial charge in [0.05, 0.1) is 48.1 Å². The first-order chi connectivity index (χ1) is 22.0. The molecule has 1 aliphatic rings. The third-order valence-electron chi connectivity index (χ3n) is 7.80. The molecule has 9 nitrogen and oxygen atoms in total. The molecule has 46 heavy (non-hydrogen) atoms. The molecule has 3 aromatic carbocycles. The van der Waals surface area contributed by atoms with Crippen LogP contribution >= 0.6 is 34.4 Å². The van der Waals surface area contributed by atoms with Crippen LogP contribution in [0.15, 0.2) is 75.5 Å². The Morgan fingerprint density at radius 2 is 1.76 bits per heavy atom. The average Bonchev–Trinajstić information content (AvgIpc) is 3.71. The smallest absolute Gasteiger partial charge is 0.263 e. The molecule has 242 valence electrons. The molecule has 0 spiro atoms. The second-order valence-electron chi connectivity index (χ2n) is 10.9. The van der Waals surface area contributed by atoms with Gasteiger partial charge in [0, 0.05) is 40.8 Å². The molecule has 3 heterocycles. The van der Waals surface area contributed by atoms with Crippen molar-refractivity contribution >= 4 is 97.5 Å². The Hall–Kier alpha value is -2.98. The number of methoxy groups -OCH3 is 1. The van der Waals surface area contributed by atoms with Crippen molar-refractivity contribution in [2.45, 2.75) is 37.6 Å². The fourth-order valence-electron chi connectivity index (χ4n) is 5.74. The summed E-state index contributed by atoms with van der Waals surface area (Å²) in [5.41, 5.74) is 2.98. The quantitative estimate of drug-likeness (QED) is 0.103. The van der Waals surface area contributed by atoms with E-state index in [0.29, 0.717) is 19.5 Å². The van der Waals surface area contributed by atoms with Crippen molar-refractivity contribution in [3.05, 3.63) is 75.6 Å². The van der Waals surface area contributed by atoms with Gasteiger partial charge in [-0.3, -0.25) is 0 Å². The van der Waals surface area contributed by atoms with Crippen LogP contribution in [0.25, 0.3) is 37.2 Å². The average molecular weight is 716 g/mol. The topological polar surface area (TPSA) is 131 Å². The van der Waals surface area contributed by atoms with Crippen LogP contribution in [-0.2, 0) is 26.8 Å². The van der Waals surface area contributed by atoms with Gasteiger partial charge in [-0.25, -0.2) is 16.8 Å². The zero-order valence-corrected chi connectivity index (χ0v) is 29.2. The highest BCUT2D eigenvalue weighted by molar-refractivity contribution is 8.03. The number of aromatic nitrogens is 1. The van der Waals surface area contributed by atoms with Gasteiger partial charge in [-0.05, 0) is 59.5 Å². The van der Waals surface area contributed by atoms with E-state index in [1.807, 2.05) is 41.8 Å². The Morgan fingerprint density at radius 1 is 1.00 bits per heavy atom. The number of hydrogen-bond acceptors (Lipinski definition) is 11. The van der Waals surface area contributed by atoms with Gasteiger partial charge in [0.15, 0.2) is 6.54 Å². The number of allylic oxidation sites excluding steroid dienone is 2. The van der Waals surface area contributed by atoms with Crippen molar-refractivity contribution in [3.8, 4) is 5.75 Å². The second kappa shape index (κ2) is 13.3. The molecule has 0 saturated carbocycles. The summed E-state index contributed by atoms with van der Waals surface area (Å²) < 4.78 is 78.6. The Balaban J connectivity index is 1.45. The molecular formula is C32H31N2O7S5-. The zero-order valence-electron chi connectivity index (χ0n) is 25.1. The molecular weight excluding hydrogens is 685 g/mol. The molecule has 0 saturated heterocycles. The predicted octanol–water partition coefficient (Wildman–Crippen LogP) is 6.68. The van der Waals surface area contributed by atoms with Gasteiger partial charge in [-0.2, -0.15) is 4.57 Å². The molecule has 0 atom stereocenters. The summed E-state index contributed by atoms with van der Waals surface area (Å²) in [6.07, 6.45) is 5.25. The molecule has 0 amide bonds. The molecule has 0 aliphatic carbocycles. The van der Waals surface area contributed by atoms with Gasteiger partial charge in [0.25, 0.3) is 5.01 Å². The lowest BCUT2D eigenvalue weighted by molar-refractivity contribution is -0.667. The number of thioether (sulfide) groups is 1. The number of thiazole rings is 1. The molecule has 0 fully saturated rings. The van der Waals surface area contributed by atoms with Gasteiger partial charge in [0.1, 0.15) is 10.4 Å². The van der Waals surface area contributed by atoms with Crippen LogP contribution in [0.3, 0.4) is 0 Å². The molecule has 6 rings (SSSR count). The van der Waals surface area contributed by atoms with Gasteiger partial charge in [-0.15, -0.1) is 11.3 Å². The number of ether oxygens (including phenoxy) is 1. The monoisotopic (exact) mass is 715 g/mol. The Kier molecular flexibility index (Phi) is 9.50. The van der Waals surface area contributed by atoms with E-state index >= 15 is 0 Å². The minimum Gasteiger partial charge on any atom is -0.748 e. The van der Waals surface area contributed by atoms with E-state index in [-0.39, 0.29) is 12.8 Å². The SMILES string of the molecule is CCC(=Cc1sc2ccc3ccccc3c2[n+]1CCCS(=O)(=O)[O-])C=C1Sc2cc(OC)c3ccsc3c2N1CCCS(=O)(=O)[O-]. The normalized spacial score (nSPS) is 15.1. The maximum absolute atomic E-state index is 11.5. The van der Waals surface area contributed by atoms with Crippen LogP contribution in [0.5, 0.6) is 5.75 Å². The number of anilines is 1. The number of benzene rings is 3. The molecule has 1 aliphatic heterocycles. The van der Waals surface area contributed by atoms with Crippen LogP contribution in [0.1, 0.15) is 31.2 Å². The second-order valence-corrected chi connectivity index (χ2v) is 16.9. The van der Waals surface area contributed by atoms with Crippen LogP contribution in [0.2, 0.25) is 0 Å². The van der Waals surface area contributed by atoms with E-state index in [1.54, 1.807) is 41.5 Å². The first-order valence-electron chi connectivity index (χ1n) is 14.6. The van der Waals surface area contributed by atoms with Crippen molar-refractivity contribution in [3.63, 3.8) is 0 Å². The van der Waals surface area contributed by atoms with Gasteiger partial charge in [-0.1, -0.05) is 54.3 Å². The summed E-state index contributed by atoms with van der Waals surface area (Å²) in [5, 5.41) is 6.92. The fraction of sp³-hybridized carbons (Fsp3) is 0.281. The predicted molar refractivity (Wildman–Crippen MR) is 186 cm³/mol. The van der Waals surface area contributed by atoms with E-state index in [0.717, 1.165) is 63.0 Å². The number of hydrogen-bond donors (Lipinski definition) is 0. The van der Waals surface area contributed by atoms with Crippen LogP contribution in [-0.4, -0.2) is 51.1 Å². The minimum absolute atomic E-state index is 0.180. The summed E-state index contributed by atoms with van der Waals surface area (Å²) in [6, 6.07) is 16.2. The number of fused-ring (bicyclic) bond motifs is 6. The minimum atomic E-state index is -4.36. The van der Waals surface area contributed by atoms with Gasteiger partial charge in [0.2, 0.25) is 5.52 Å². The molecule has 14 heteroatoms. The van der Waals surface area contributed by atoms with Crippen LogP contribution in [0.4, 0.5) is 5.69 Å². The maximum atomic E-state index is 11.5. The molecule has 0 unspecified atom stereocenters. The van der Waals surface area contributed by atoms with Crippen molar-refractivity contribution in [2.75, 3.05) is 30.1 Å². The Bertz CT molecular complexity index is 2240. The summed E-state index contributed by atoms with van der Waals surface area (Å²) in [6.45, 7) is 2.77. The summed E-state index contributed by atoms with van der Waals surface area (Å²) in [7, 11) is -7.08. The Labute approximate surface area is 280 Å². The lowest BCUT2D eigenvalue weighted by Gasteiger charge is -2.22. The fourth-order valence-corrected chi connectivity index (χ4v) is 10.1. The van der Waals surface area contributed by atoms with Gasteiger partial charge < -0.3 is 18.7 Å². The van der Waals surface area contributed by atoms with E-state index in [4.69, 9.17) is 4.74 Å². The van der Waals surface area contributed by atoms with E-state index < -0.39 is 31.7 Å². The van der Waals surface area contributed by atoms with Crippen molar-refractivity contribution in [2.24, 2.45) is 0 Å². The number of nitrogens with zero attached hydrogens (tertiary/aromatic N) is 2. The zero-order chi connectivity index (χ0) is 32.6. The largest absolute Gasteiger partial charge is 0.748 e. The van der Waals surface area contributed by atoms with Crippen LogP contribution in [0, 0.1) is 0 Å². The first-order valence-corrected chi connectivity index (χ1v) is 20.3. The van der Waals surface area contributed by atoms with Crippen molar-refractivity contribution < 1.29 is 35.2 Å². The number of rotatable bonds is 12. The molecule has 0 radical (unpaired) electrons. The molecule has 2 aromatic heterocycles. The third-order valence-corrected chi connectivity index (χ3v) is 12.5. The summed E-state index contributed by atoms with van der Waals surface area (Å²) >= 11 is 4.76. The summed E-state index contributed by atoms with van der Waals surface area (Å²) in [4.78, 5) is 3.08. The van der Waals surface area contributed by atoms with E-state index in [2.05, 4.69) is 40.7 Å². The molecule has 0 N–H and O–H groups in total. The number of thiophene rings is 1. The lowest BCUT2D eigenvalue weighted by atomic mass is 10.1. The highest BCUT2D eigenvalue weighted by Gasteiger charge is 2.30. The van der Waals surface area contributed by atoms with Crippen molar-refractivity contribution in [1.29, 1.82) is 0 Å². The highest BCUT2D eigenvalue weighted by atomic mass is 32.2. The maximum Gasteiger partial charge on any atom is 0.263 e. The van der Waals surface area contributed by atoms with E-state index in [9.17, 15) is 25.9 Å². The summed E-state index contributed by atoms with van der Waals surface area (Å²) in [5.74, 6) is -0.138. The van der Waals surface area contributed by atoms with Gasteiger partial charge >= 0.3 is 0 Å². The van der Waals surface area contributed by atoms with Crippen LogP contribution < -0.4 is 14.2 Å².